The number of hydrogen-bond donors (Lipinski definition) is 0. The Morgan fingerprint density at radius 1 is 0.800 bits per heavy atom. The molecule has 0 N–H and O–H groups in total. The Kier molecular flexibility index (Phi) is 7.75. The van der Waals surface area contributed by atoms with Crippen molar-refractivity contribution in [1.82, 2.24) is 9.80 Å². The fraction of sp³-hybridized carbons (Fsp3) is 0.406. The molecule has 1 fully saturated rings. The molecule has 0 bridgehead atoms. The summed E-state index contributed by atoms with van der Waals surface area (Å²) in [7, 11) is 0. The van der Waals surface area contributed by atoms with E-state index in [1.807, 2.05) is 0 Å². The first-order chi connectivity index (χ1) is 17.1. The van der Waals surface area contributed by atoms with E-state index in [9.17, 15) is 4.79 Å². The lowest BCUT2D eigenvalue weighted by Crippen LogP contribution is -2.35. The fourth-order valence-electron chi connectivity index (χ4n) is 5.93. The second-order valence-electron chi connectivity index (χ2n) is 10.6. The summed E-state index contributed by atoms with van der Waals surface area (Å²) in [6.07, 6.45) is 3.99. The largest absolute Gasteiger partial charge is 0.299 e. The monoisotopic (exact) mass is 466 g/mol. The molecule has 0 aliphatic carbocycles. The summed E-state index contributed by atoms with van der Waals surface area (Å²) in [6, 6.07) is 28.2. The third-order valence-corrected chi connectivity index (χ3v) is 7.89. The molecule has 2 heterocycles. The Labute approximate surface area is 210 Å². The quantitative estimate of drug-likeness (QED) is 0.426. The number of carbonyl (C=O) groups excluding carboxylic acids is 1. The summed E-state index contributed by atoms with van der Waals surface area (Å²) in [4.78, 5) is 18.8. The van der Waals surface area contributed by atoms with Crippen LogP contribution in [-0.2, 0) is 24.3 Å². The van der Waals surface area contributed by atoms with Crippen LogP contribution in [0.5, 0.6) is 0 Å². The highest BCUT2D eigenvalue weighted by molar-refractivity contribution is 5.86. The van der Waals surface area contributed by atoms with Gasteiger partial charge in [0.2, 0.25) is 0 Å². The maximum Gasteiger partial charge on any atom is 0.141 e. The van der Waals surface area contributed by atoms with E-state index in [1.54, 1.807) is 0 Å². The van der Waals surface area contributed by atoms with E-state index in [0.717, 1.165) is 65.0 Å². The number of fused-ring (bicyclic) bond motifs is 1. The third kappa shape index (κ3) is 6.28. The standard InChI is InChI=1S/C32H38N2O/c1-25-8-7-11-28(20-25)23-33-17-14-26(15-18-33)21-32(35)31-24-34(22-27-9-3-2-4-10-27)19-16-29-12-5-6-13-30(29)31/h2-13,20,26,31H,14-19,21-24H2,1H3. The molecule has 0 spiro atoms. The van der Waals surface area contributed by atoms with Crippen molar-refractivity contribution < 1.29 is 4.79 Å². The number of nitrogens with zero attached hydrogens (tertiary/aromatic N) is 2. The van der Waals surface area contributed by atoms with Crippen LogP contribution in [0.3, 0.4) is 0 Å². The van der Waals surface area contributed by atoms with Crippen LogP contribution in [0.1, 0.15) is 53.0 Å². The summed E-state index contributed by atoms with van der Waals surface area (Å²) in [5, 5.41) is 0. The molecule has 3 heteroatoms. The SMILES string of the molecule is Cc1cccc(CN2CCC(CC(=O)C3CN(Cc4ccccc4)CCc4ccccc43)CC2)c1. The van der Waals surface area contributed by atoms with E-state index in [-0.39, 0.29) is 5.92 Å². The maximum absolute atomic E-state index is 13.7. The molecular formula is C32H38N2O. The number of rotatable bonds is 7. The van der Waals surface area contributed by atoms with Crippen LogP contribution < -0.4 is 0 Å². The molecular weight excluding hydrogens is 428 g/mol. The minimum absolute atomic E-state index is 0.0114. The summed E-state index contributed by atoms with van der Waals surface area (Å²) in [5.74, 6) is 0.937. The summed E-state index contributed by atoms with van der Waals surface area (Å²) in [5.41, 5.74) is 6.67. The van der Waals surface area contributed by atoms with Gasteiger partial charge in [0, 0.05) is 32.6 Å². The zero-order valence-electron chi connectivity index (χ0n) is 21.0. The van der Waals surface area contributed by atoms with E-state index in [1.165, 1.54) is 27.8 Å². The van der Waals surface area contributed by atoms with Gasteiger partial charge in [-0.3, -0.25) is 14.6 Å². The van der Waals surface area contributed by atoms with Gasteiger partial charge >= 0.3 is 0 Å². The van der Waals surface area contributed by atoms with Crippen molar-refractivity contribution in [2.24, 2.45) is 5.92 Å². The Balaban J connectivity index is 1.21. The first-order valence-electron chi connectivity index (χ1n) is 13.3. The average molecular weight is 467 g/mol. The van der Waals surface area contributed by atoms with Gasteiger partial charge in [-0.1, -0.05) is 84.4 Å². The highest BCUT2D eigenvalue weighted by Gasteiger charge is 2.31. The van der Waals surface area contributed by atoms with Crippen LogP contribution in [0.4, 0.5) is 0 Å². The Bertz CT molecular complexity index is 1120. The average Bonchev–Trinajstić information content (AvgIpc) is 3.06. The van der Waals surface area contributed by atoms with Crippen molar-refractivity contribution in [1.29, 1.82) is 0 Å². The molecule has 3 nitrogen and oxygen atoms in total. The van der Waals surface area contributed by atoms with Gasteiger partial charge in [-0.05, 0) is 67.4 Å². The fourth-order valence-corrected chi connectivity index (χ4v) is 5.93. The molecule has 1 atom stereocenters. The highest BCUT2D eigenvalue weighted by atomic mass is 16.1. The second-order valence-corrected chi connectivity index (χ2v) is 10.6. The first kappa shape index (κ1) is 24.0. The van der Waals surface area contributed by atoms with Crippen LogP contribution in [0, 0.1) is 12.8 Å². The van der Waals surface area contributed by atoms with Gasteiger partial charge in [0.25, 0.3) is 0 Å². The first-order valence-corrected chi connectivity index (χ1v) is 13.3. The van der Waals surface area contributed by atoms with Crippen molar-refractivity contribution in [3.05, 3.63) is 107 Å². The predicted molar refractivity (Wildman–Crippen MR) is 143 cm³/mol. The van der Waals surface area contributed by atoms with Gasteiger partial charge in [0.15, 0.2) is 0 Å². The van der Waals surface area contributed by atoms with Crippen molar-refractivity contribution in [3.8, 4) is 0 Å². The summed E-state index contributed by atoms with van der Waals surface area (Å²) in [6.45, 7) is 8.11. The number of hydrogen-bond acceptors (Lipinski definition) is 3. The number of carbonyl (C=O) groups is 1. The normalized spacial score (nSPS) is 19.7. The van der Waals surface area contributed by atoms with Crippen LogP contribution in [-0.4, -0.2) is 41.8 Å². The number of aryl methyl sites for hydroxylation is 1. The third-order valence-electron chi connectivity index (χ3n) is 7.89. The van der Waals surface area contributed by atoms with E-state index in [2.05, 4.69) is 95.6 Å². The smallest absolute Gasteiger partial charge is 0.141 e. The highest BCUT2D eigenvalue weighted by Crippen LogP contribution is 2.31. The topological polar surface area (TPSA) is 23.6 Å². The van der Waals surface area contributed by atoms with Crippen molar-refractivity contribution in [3.63, 3.8) is 0 Å². The molecule has 5 rings (SSSR count). The molecule has 182 valence electrons. The summed E-state index contributed by atoms with van der Waals surface area (Å²) >= 11 is 0. The van der Waals surface area contributed by atoms with E-state index >= 15 is 0 Å². The molecule has 2 aliphatic rings. The lowest BCUT2D eigenvalue weighted by atomic mass is 9.83. The van der Waals surface area contributed by atoms with E-state index in [0.29, 0.717) is 11.7 Å². The van der Waals surface area contributed by atoms with Gasteiger partial charge in [0.05, 0.1) is 5.92 Å². The Hall–Kier alpha value is -2.75. The predicted octanol–water partition coefficient (Wildman–Crippen LogP) is 6.01. The number of piperidine rings is 1. The number of benzene rings is 3. The minimum atomic E-state index is -0.0114. The van der Waals surface area contributed by atoms with Crippen LogP contribution in [0.25, 0.3) is 0 Å². The van der Waals surface area contributed by atoms with Crippen LogP contribution in [0.15, 0.2) is 78.9 Å². The Morgan fingerprint density at radius 3 is 2.31 bits per heavy atom. The molecule has 1 saturated heterocycles. The zero-order chi connectivity index (χ0) is 24.0. The Morgan fingerprint density at radius 2 is 1.51 bits per heavy atom. The molecule has 0 amide bonds. The molecule has 0 aromatic heterocycles. The van der Waals surface area contributed by atoms with E-state index < -0.39 is 0 Å². The van der Waals surface area contributed by atoms with Crippen molar-refractivity contribution >= 4 is 5.78 Å². The lowest BCUT2D eigenvalue weighted by molar-refractivity contribution is -0.122. The molecule has 3 aromatic carbocycles. The maximum atomic E-state index is 13.7. The van der Waals surface area contributed by atoms with Crippen molar-refractivity contribution in [2.45, 2.75) is 51.6 Å². The molecule has 3 aromatic rings. The van der Waals surface area contributed by atoms with Gasteiger partial charge in [-0.2, -0.15) is 0 Å². The molecule has 35 heavy (non-hydrogen) atoms. The van der Waals surface area contributed by atoms with Crippen LogP contribution >= 0.6 is 0 Å². The van der Waals surface area contributed by atoms with Crippen LogP contribution in [0.2, 0.25) is 0 Å². The number of Topliss-reactive ketones (excluding diaryl/α,β-unsaturated/α-hetero) is 1. The molecule has 0 radical (unpaired) electrons. The molecule has 2 aliphatic heterocycles. The number of ketones is 1. The lowest BCUT2D eigenvalue weighted by Gasteiger charge is -2.32. The van der Waals surface area contributed by atoms with Gasteiger partial charge < -0.3 is 0 Å². The van der Waals surface area contributed by atoms with E-state index in [4.69, 9.17) is 0 Å². The number of likely N-dealkylation sites (tertiary alicyclic amines) is 1. The summed E-state index contributed by atoms with van der Waals surface area (Å²) < 4.78 is 0. The van der Waals surface area contributed by atoms with Crippen molar-refractivity contribution in [2.75, 3.05) is 26.2 Å². The minimum Gasteiger partial charge on any atom is -0.299 e. The second kappa shape index (κ2) is 11.3. The van der Waals surface area contributed by atoms with Gasteiger partial charge in [0.1, 0.15) is 5.78 Å². The zero-order valence-corrected chi connectivity index (χ0v) is 21.0. The molecule has 0 saturated carbocycles. The molecule has 1 unspecified atom stereocenters. The van der Waals surface area contributed by atoms with Gasteiger partial charge in [-0.25, -0.2) is 0 Å². The van der Waals surface area contributed by atoms with Gasteiger partial charge in [-0.15, -0.1) is 0 Å².